The van der Waals surface area contributed by atoms with E-state index in [1.165, 1.54) is 16.7 Å². The number of rotatable bonds is 5. The van der Waals surface area contributed by atoms with Crippen LogP contribution in [-0.4, -0.2) is 30.5 Å². The summed E-state index contributed by atoms with van der Waals surface area (Å²) < 4.78 is 5.48. The van der Waals surface area contributed by atoms with Crippen LogP contribution in [0.4, 0.5) is 5.69 Å². The molecule has 3 aliphatic rings. The van der Waals surface area contributed by atoms with Crippen LogP contribution in [-0.2, 0) is 22.5 Å². The lowest BCUT2D eigenvalue weighted by Crippen LogP contribution is -2.33. The number of carbonyl (C=O) groups excluding carboxylic acids is 1. The van der Waals surface area contributed by atoms with Crippen LogP contribution in [0.3, 0.4) is 0 Å². The molecule has 0 aromatic heterocycles. The largest absolute Gasteiger partial charge is 0.381 e. The molecular formula is C26H27N3O2. The lowest BCUT2D eigenvalue weighted by Gasteiger charge is -2.21. The number of allylic oxidation sites excluding steroid dienone is 1. The number of hydrogen-bond donors (Lipinski definition) is 1. The van der Waals surface area contributed by atoms with Crippen molar-refractivity contribution in [1.29, 1.82) is 0 Å². The molecule has 2 aromatic carbocycles. The van der Waals surface area contributed by atoms with Gasteiger partial charge >= 0.3 is 0 Å². The quantitative estimate of drug-likeness (QED) is 0.777. The molecule has 0 radical (unpaired) electrons. The number of hydrogen-bond acceptors (Lipinski definition) is 4. The van der Waals surface area contributed by atoms with Gasteiger partial charge in [-0.15, -0.1) is 0 Å². The summed E-state index contributed by atoms with van der Waals surface area (Å²) in [5.74, 6) is -0.0952. The Hall–Kier alpha value is -3.05. The van der Waals surface area contributed by atoms with E-state index >= 15 is 0 Å². The van der Waals surface area contributed by atoms with Gasteiger partial charge in [0.15, 0.2) is 0 Å². The smallest absolute Gasteiger partial charge is 0.266 e. The van der Waals surface area contributed by atoms with Gasteiger partial charge in [-0.05, 0) is 54.5 Å². The summed E-state index contributed by atoms with van der Waals surface area (Å²) in [5, 5.41) is 3.09. The Bertz CT molecular complexity index is 1110. The van der Waals surface area contributed by atoms with Gasteiger partial charge in [0.05, 0.1) is 30.1 Å². The van der Waals surface area contributed by atoms with E-state index in [0.29, 0.717) is 24.8 Å². The first-order chi connectivity index (χ1) is 15.1. The molecule has 2 aromatic rings. The highest BCUT2D eigenvalue weighted by atomic mass is 16.5. The number of carbonyl (C=O) groups is 1. The van der Waals surface area contributed by atoms with Gasteiger partial charge < -0.3 is 10.1 Å². The lowest BCUT2D eigenvalue weighted by molar-refractivity contribution is -0.115. The third kappa shape index (κ3) is 3.86. The SMILES string of the molecule is COC1CC=C(C2=NCc3cc4c(cc32)N=C(C(=O)N[C@H](C)c2ccccc2)C4)CC1. The molecule has 0 bridgehead atoms. The molecule has 5 heteroatoms. The number of fused-ring (bicyclic) bond motifs is 2. The lowest BCUT2D eigenvalue weighted by atomic mass is 9.89. The minimum absolute atomic E-state index is 0.0574. The van der Waals surface area contributed by atoms with E-state index in [-0.39, 0.29) is 11.9 Å². The van der Waals surface area contributed by atoms with Gasteiger partial charge in [0.2, 0.25) is 0 Å². The van der Waals surface area contributed by atoms with E-state index in [1.54, 1.807) is 7.11 Å². The molecule has 2 atom stereocenters. The number of aliphatic imine (C=N–C) groups is 2. The van der Waals surface area contributed by atoms with Crippen molar-refractivity contribution in [3.05, 3.63) is 76.4 Å². The number of nitrogens with zero attached hydrogens (tertiary/aromatic N) is 2. The summed E-state index contributed by atoms with van der Waals surface area (Å²) in [5.41, 5.74) is 8.49. The zero-order valence-corrected chi connectivity index (χ0v) is 18.0. The summed E-state index contributed by atoms with van der Waals surface area (Å²) in [6, 6.07) is 14.3. The van der Waals surface area contributed by atoms with Crippen molar-refractivity contribution in [2.24, 2.45) is 9.98 Å². The van der Waals surface area contributed by atoms with Crippen molar-refractivity contribution in [2.45, 2.75) is 51.3 Å². The Morgan fingerprint density at radius 2 is 2.03 bits per heavy atom. The number of methoxy groups -OCH3 is 1. The Balaban J connectivity index is 1.33. The second-order valence-electron chi connectivity index (χ2n) is 8.51. The van der Waals surface area contributed by atoms with E-state index in [1.807, 2.05) is 37.3 Å². The molecule has 1 amide bonds. The maximum Gasteiger partial charge on any atom is 0.266 e. The molecule has 1 unspecified atom stereocenters. The molecule has 0 saturated heterocycles. The second-order valence-corrected chi connectivity index (χ2v) is 8.51. The zero-order chi connectivity index (χ0) is 21.4. The number of ether oxygens (including phenoxy) is 1. The number of nitrogens with one attached hydrogen (secondary N) is 1. The molecule has 0 saturated carbocycles. The van der Waals surface area contributed by atoms with Crippen molar-refractivity contribution in [2.75, 3.05) is 7.11 Å². The minimum Gasteiger partial charge on any atom is -0.381 e. The Morgan fingerprint density at radius 1 is 1.19 bits per heavy atom. The van der Waals surface area contributed by atoms with E-state index < -0.39 is 0 Å². The molecule has 0 spiro atoms. The maximum absolute atomic E-state index is 12.8. The molecule has 5 rings (SSSR count). The summed E-state index contributed by atoms with van der Waals surface area (Å²) >= 11 is 0. The molecule has 5 nitrogen and oxygen atoms in total. The van der Waals surface area contributed by atoms with Gasteiger partial charge in [-0.1, -0.05) is 42.5 Å². The fourth-order valence-electron chi connectivity index (χ4n) is 4.65. The molecule has 0 fully saturated rings. The van der Waals surface area contributed by atoms with Crippen LogP contribution in [0.15, 0.2) is 64.1 Å². The molecule has 2 aliphatic heterocycles. The Labute approximate surface area is 183 Å². The Morgan fingerprint density at radius 3 is 2.77 bits per heavy atom. The monoisotopic (exact) mass is 413 g/mol. The highest BCUT2D eigenvalue weighted by molar-refractivity contribution is 6.41. The molecule has 2 heterocycles. The first kappa shape index (κ1) is 19.9. The van der Waals surface area contributed by atoms with E-state index in [2.05, 4.69) is 23.5 Å². The highest BCUT2D eigenvalue weighted by Crippen LogP contribution is 2.36. The highest BCUT2D eigenvalue weighted by Gasteiger charge is 2.28. The summed E-state index contributed by atoms with van der Waals surface area (Å²) in [7, 11) is 1.78. The van der Waals surface area contributed by atoms with Crippen molar-refractivity contribution in [1.82, 2.24) is 5.32 Å². The van der Waals surface area contributed by atoms with Crippen LogP contribution in [0.25, 0.3) is 0 Å². The van der Waals surface area contributed by atoms with Gasteiger partial charge in [0.1, 0.15) is 5.71 Å². The van der Waals surface area contributed by atoms with Crippen LogP contribution in [0.2, 0.25) is 0 Å². The van der Waals surface area contributed by atoms with Gasteiger partial charge in [-0.2, -0.15) is 0 Å². The first-order valence-electron chi connectivity index (χ1n) is 11.0. The van der Waals surface area contributed by atoms with Crippen LogP contribution in [0.1, 0.15) is 54.5 Å². The third-order valence-electron chi connectivity index (χ3n) is 6.49. The van der Waals surface area contributed by atoms with Gasteiger partial charge in [0.25, 0.3) is 5.91 Å². The maximum atomic E-state index is 12.8. The molecule has 1 N–H and O–H groups in total. The molecule has 31 heavy (non-hydrogen) atoms. The summed E-state index contributed by atoms with van der Waals surface area (Å²) in [4.78, 5) is 22.4. The van der Waals surface area contributed by atoms with Crippen LogP contribution in [0, 0.1) is 0 Å². The van der Waals surface area contributed by atoms with Crippen molar-refractivity contribution in [3.8, 4) is 0 Å². The van der Waals surface area contributed by atoms with E-state index in [9.17, 15) is 4.79 Å². The predicted molar refractivity (Wildman–Crippen MR) is 123 cm³/mol. The van der Waals surface area contributed by atoms with Crippen molar-refractivity contribution < 1.29 is 9.53 Å². The number of amides is 1. The normalized spacial score (nSPS) is 20.3. The summed E-state index contributed by atoms with van der Waals surface area (Å²) in [6.45, 7) is 2.70. The van der Waals surface area contributed by atoms with Crippen LogP contribution >= 0.6 is 0 Å². The Kier molecular flexibility index (Phi) is 5.28. The van der Waals surface area contributed by atoms with Crippen LogP contribution < -0.4 is 5.32 Å². The average Bonchev–Trinajstić information content (AvgIpc) is 3.41. The first-order valence-corrected chi connectivity index (χ1v) is 11.0. The number of benzene rings is 2. The van der Waals surface area contributed by atoms with E-state index in [4.69, 9.17) is 14.7 Å². The fraction of sp³-hybridized carbons (Fsp3) is 0.346. The fourth-order valence-corrected chi connectivity index (χ4v) is 4.65. The van der Waals surface area contributed by atoms with E-state index in [0.717, 1.165) is 41.8 Å². The van der Waals surface area contributed by atoms with Crippen molar-refractivity contribution in [3.63, 3.8) is 0 Å². The van der Waals surface area contributed by atoms with Gasteiger partial charge in [0, 0.05) is 19.1 Å². The molecule has 1 aliphatic carbocycles. The third-order valence-corrected chi connectivity index (χ3v) is 6.49. The topological polar surface area (TPSA) is 63.1 Å². The molecular weight excluding hydrogens is 386 g/mol. The zero-order valence-electron chi connectivity index (χ0n) is 18.0. The van der Waals surface area contributed by atoms with Crippen LogP contribution in [0.5, 0.6) is 0 Å². The predicted octanol–water partition coefficient (Wildman–Crippen LogP) is 4.62. The minimum atomic E-state index is -0.0952. The second kappa shape index (κ2) is 8.23. The van der Waals surface area contributed by atoms with Gasteiger partial charge in [-0.3, -0.25) is 9.79 Å². The van der Waals surface area contributed by atoms with Gasteiger partial charge in [-0.25, -0.2) is 4.99 Å². The standard InChI is InChI=1S/C26H27N3O2/c1-16(17-6-4-3-5-7-17)28-26(30)24-13-19-12-20-15-27-25(22(20)14-23(19)29-24)18-8-10-21(31-2)11-9-18/h3-8,12,14,16,21H,9-11,13,15H2,1-2H3,(H,28,30)/t16-,21?/m1/s1. The average molecular weight is 414 g/mol. The summed E-state index contributed by atoms with van der Waals surface area (Å²) in [6.07, 6.45) is 6.11. The molecule has 158 valence electrons. The van der Waals surface area contributed by atoms with Crippen molar-refractivity contribution >= 4 is 23.0 Å².